The van der Waals surface area contributed by atoms with E-state index < -0.39 is 0 Å². The molecule has 2 rings (SSSR count). The van der Waals surface area contributed by atoms with Gasteiger partial charge < -0.3 is 0 Å². The zero-order chi connectivity index (χ0) is 9.26. The maximum absolute atomic E-state index is 11.2. The molecule has 2 aromatic rings. The predicted molar refractivity (Wildman–Crippen MR) is 54.1 cm³/mol. The van der Waals surface area contributed by atoms with E-state index in [0.29, 0.717) is 5.01 Å². The van der Waals surface area contributed by atoms with Gasteiger partial charge in [0.15, 0.2) is 5.01 Å². The summed E-state index contributed by atoms with van der Waals surface area (Å²) < 4.78 is 1.03. The first-order valence-electron chi connectivity index (χ1n) is 3.83. The molecular formula is C10H7NOS. The van der Waals surface area contributed by atoms with E-state index in [1.807, 2.05) is 24.3 Å². The van der Waals surface area contributed by atoms with Crippen LogP contribution >= 0.6 is 11.3 Å². The summed E-state index contributed by atoms with van der Waals surface area (Å²) in [4.78, 5) is 15.4. The van der Waals surface area contributed by atoms with Gasteiger partial charge in [0, 0.05) is 0 Å². The van der Waals surface area contributed by atoms with Crippen LogP contribution in [0.4, 0.5) is 0 Å². The van der Waals surface area contributed by atoms with E-state index in [1.165, 1.54) is 17.4 Å². The van der Waals surface area contributed by atoms with Crippen molar-refractivity contribution >= 4 is 27.3 Å². The zero-order valence-electron chi connectivity index (χ0n) is 6.86. The van der Waals surface area contributed by atoms with Gasteiger partial charge >= 0.3 is 0 Å². The number of hydrogen-bond donors (Lipinski definition) is 0. The first kappa shape index (κ1) is 8.13. The van der Waals surface area contributed by atoms with Crippen LogP contribution in [0.1, 0.15) is 9.80 Å². The fourth-order valence-corrected chi connectivity index (χ4v) is 1.97. The first-order chi connectivity index (χ1) is 6.31. The monoisotopic (exact) mass is 189 g/mol. The maximum Gasteiger partial charge on any atom is 0.213 e. The van der Waals surface area contributed by atoms with Crippen molar-refractivity contribution in [2.45, 2.75) is 0 Å². The predicted octanol–water partition coefficient (Wildman–Crippen LogP) is 2.67. The van der Waals surface area contributed by atoms with E-state index in [2.05, 4.69) is 11.6 Å². The summed E-state index contributed by atoms with van der Waals surface area (Å²) in [6.07, 6.45) is 1.29. The highest BCUT2D eigenvalue weighted by atomic mass is 32.1. The highest BCUT2D eigenvalue weighted by molar-refractivity contribution is 7.20. The summed E-state index contributed by atoms with van der Waals surface area (Å²) in [5.41, 5.74) is 0.873. The second-order valence-corrected chi connectivity index (χ2v) is 3.59. The van der Waals surface area contributed by atoms with E-state index in [0.717, 1.165) is 10.2 Å². The van der Waals surface area contributed by atoms with Crippen LogP contribution in [-0.2, 0) is 0 Å². The lowest BCUT2D eigenvalue weighted by Crippen LogP contribution is -1.90. The molecule has 0 saturated heterocycles. The van der Waals surface area contributed by atoms with Gasteiger partial charge in [-0.15, -0.1) is 11.3 Å². The Bertz CT molecular complexity index is 439. The van der Waals surface area contributed by atoms with Crippen molar-refractivity contribution in [3.63, 3.8) is 0 Å². The third-order valence-electron chi connectivity index (χ3n) is 1.69. The van der Waals surface area contributed by atoms with Crippen molar-refractivity contribution in [2.75, 3.05) is 0 Å². The minimum absolute atomic E-state index is 0.110. The van der Waals surface area contributed by atoms with Crippen LogP contribution < -0.4 is 0 Å². The maximum atomic E-state index is 11.2. The molecule has 0 aliphatic carbocycles. The number of thiazole rings is 1. The summed E-state index contributed by atoms with van der Waals surface area (Å²) in [5.74, 6) is -0.110. The van der Waals surface area contributed by atoms with Crippen molar-refractivity contribution in [1.82, 2.24) is 4.98 Å². The highest BCUT2D eigenvalue weighted by Crippen LogP contribution is 2.21. The fraction of sp³-hybridized carbons (Fsp3) is 0. The molecule has 0 unspecified atom stereocenters. The molecule has 0 atom stereocenters. The zero-order valence-corrected chi connectivity index (χ0v) is 7.67. The third-order valence-corrected chi connectivity index (χ3v) is 2.74. The molecule has 0 N–H and O–H groups in total. The summed E-state index contributed by atoms with van der Waals surface area (Å²) in [6.45, 7) is 3.42. The SMILES string of the molecule is C=CC(=O)c1nc2ccccc2s1. The van der Waals surface area contributed by atoms with Crippen LogP contribution in [0.5, 0.6) is 0 Å². The van der Waals surface area contributed by atoms with Gasteiger partial charge in [0.05, 0.1) is 10.2 Å². The molecule has 0 aliphatic rings. The standard InChI is InChI=1S/C10H7NOS/c1-2-8(12)10-11-7-5-3-4-6-9(7)13-10/h2-6H,1H2. The lowest BCUT2D eigenvalue weighted by Gasteiger charge is -1.81. The van der Waals surface area contributed by atoms with Crippen LogP contribution in [0.25, 0.3) is 10.2 Å². The molecule has 3 heteroatoms. The van der Waals surface area contributed by atoms with Gasteiger partial charge in [-0.25, -0.2) is 4.98 Å². The summed E-state index contributed by atoms with van der Waals surface area (Å²) >= 11 is 1.40. The lowest BCUT2D eigenvalue weighted by atomic mass is 10.3. The molecule has 0 radical (unpaired) electrons. The van der Waals surface area contributed by atoms with Crippen molar-refractivity contribution in [3.05, 3.63) is 41.9 Å². The van der Waals surface area contributed by atoms with Gasteiger partial charge in [-0.1, -0.05) is 18.7 Å². The van der Waals surface area contributed by atoms with Gasteiger partial charge in [0.1, 0.15) is 0 Å². The number of carbonyl (C=O) groups excluding carboxylic acids is 1. The summed E-state index contributed by atoms with van der Waals surface area (Å²) in [6, 6.07) is 7.69. The van der Waals surface area contributed by atoms with Crippen LogP contribution in [0.15, 0.2) is 36.9 Å². The first-order valence-corrected chi connectivity index (χ1v) is 4.65. The molecule has 0 amide bonds. The number of para-hydroxylation sites is 1. The summed E-state index contributed by atoms with van der Waals surface area (Å²) in [5, 5.41) is 0.510. The molecular weight excluding hydrogens is 182 g/mol. The minimum atomic E-state index is -0.110. The van der Waals surface area contributed by atoms with Crippen LogP contribution in [-0.4, -0.2) is 10.8 Å². The Balaban J connectivity index is 2.62. The third kappa shape index (κ3) is 1.38. The highest BCUT2D eigenvalue weighted by Gasteiger charge is 2.07. The Morgan fingerprint density at radius 2 is 2.23 bits per heavy atom. The molecule has 0 spiro atoms. The topological polar surface area (TPSA) is 30.0 Å². The number of hydrogen-bond acceptors (Lipinski definition) is 3. The number of ketones is 1. The number of benzene rings is 1. The Hall–Kier alpha value is -1.48. The van der Waals surface area contributed by atoms with E-state index >= 15 is 0 Å². The second kappa shape index (κ2) is 3.11. The Labute approximate surface area is 79.5 Å². The lowest BCUT2D eigenvalue weighted by molar-refractivity contribution is 0.104. The van der Waals surface area contributed by atoms with Gasteiger partial charge in [-0.3, -0.25) is 4.79 Å². The Morgan fingerprint density at radius 3 is 2.92 bits per heavy atom. The van der Waals surface area contributed by atoms with Gasteiger partial charge in [-0.2, -0.15) is 0 Å². The number of carbonyl (C=O) groups is 1. The van der Waals surface area contributed by atoms with Crippen molar-refractivity contribution < 1.29 is 4.79 Å². The Kier molecular flexibility index (Phi) is 1.94. The van der Waals surface area contributed by atoms with Crippen molar-refractivity contribution in [1.29, 1.82) is 0 Å². The quantitative estimate of drug-likeness (QED) is 0.537. The van der Waals surface area contributed by atoms with E-state index in [9.17, 15) is 4.79 Å². The molecule has 0 aliphatic heterocycles. The molecule has 64 valence electrons. The smallest absolute Gasteiger partial charge is 0.213 e. The Morgan fingerprint density at radius 1 is 1.46 bits per heavy atom. The number of allylic oxidation sites excluding steroid dienone is 1. The second-order valence-electron chi connectivity index (χ2n) is 2.56. The van der Waals surface area contributed by atoms with Gasteiger partial charge in [0.25, 0.3) is 0 Å². The van der Waals surface area contributed by atoms with Gasteiger partial charge in [-0.05, 0) is 18.2 Å². The average molecular weight is 189 g/mol. The van der Waals surface area contributed by atoms with Crippen LogP contribution in [0, 0.1) is 0 Å². The molecule has 1 aromatic heterocycles. The van der Waals surface area contributed by atoms with Crippen molar-refractivity contribution in [3.8, 4) is 0 Å². The molecule has 1 heterocycles. The average Bonchev–Trinajstić information content (AvgIpc) is 2.59. The van der Waals surface area contributed by atoms with Crippen LogP contribution in [0.2, 0.25) is 0 Å². The largest absolute Gasteiger partial charge is 0.287 e. The number of aromatic nitrogens is 1. The fourth-order valence-electron chi connectivity index (χ4n) is 1.06. The molecule has 0 bridgehead atoms. The number of fused-ring (bicyclic) bond motifs is 1. The molecule has 1 aromatic carbocycles. The van der Waals surface area contributed by atoms with E-state index in [4.69, 9.17) is 0 Å². The van der Waals surface area contributed by atoms with E-state index in [-0.39, 0.29) is 5.78 Å². The van der Waals surface area contributed by atoms with Gasteiger partial charge in [0.2, 0.25) is 5.78 Å². The molecule has 13 heavy (non-hydrogen) atoms. The molecule has 0 saturated carbocycles. The number of nitrogens with zero attached hydrogens (tertiary/aromatic N) is 1. The molecule has 0 fully saturated rings. The summed E-state index contributed by atoms with van der Waals surface area (Å²) in [7, 11) is 0. The van der Waals surface area contributed by atoms with Crippen molar-refractivity contribution in [2.24, 2.45) is 0 Å². The molecule has 2 nitrogen and oxygen atoms in total. The number of rotatable bonds is 2. The minimum Gasteiger partial charge on any atom is -0.287 e. The van der Waals surface area contributed by atoms with E-state index in [1.54, 1.807) is 0 Å². The van der Waals surface area contributed by atoms with Crippen LogP contribution in [0.3, 0.4) is 0 Å². The normalized spacial score (nSPS) is 10.2.